The molecule has 0 saturated heterocycles. The molecule has 0 bridgehead atoms. The van der Waals surface area contributed by atoms with E-state index in [2.05, 4.69) is 10.1 Å². The lowest BCUT2D eigenvalue weighted by molar-refractivity contribution is 0.340. The molecule has 1 N–H and O–H groups in total. The monoisotopic (exact) mass is 373 g/mol. The van der Waals surface area contributed by atoms with Gasteiger partial charge in [-0.15, -0.1) is 0 Å². The van der Waals surface area contributed by atoms with Crippen molar-refractivity contribution in [3.05, 3.63) is 70.9 Å². The lowest BCUT2D eigenvalue weighted by Crippen LogP contribution is -2.23. The summed E-state index contributed by atoms with van der Waals surface area (Å²) >= 11 is 1.62. The molecule has 1 heterocycles. The van der Waals surface area contributed by atoms with Crippen LogP contribution in [0.2, 0.25) is 0 Å². The minimum atomic E-state index is -3.58. The molecule has 3 rings (SSSR count). The average Bonchev–Trinajstić information content (AvgIpc) is 3.16. The van der Waals surface area contributed by atoms with Crippen LogP contribution >= 0.6 is 11.3 Å². The lowest BCUT2D eigenvalue weighted by atomic mass is 10.0. The van der Waals surface area contributed by atoms with Gasteiger partial charge < -0.3 is 4.74 Å². The van der Waals surface area contributed by atoms with Gasteiger partial charge in [-0.05, 0) is 64.7 Å². The van der Waals surface area contributed by atoms with Gasteiger partial charge in [0.2, 0.25) is 10.0 Å². The molecule has 0 aliphatic heterocycles. The van der Waals surface area contributed by atoms with Crippen molar-refractivity contribution in [1.82, 2.24) is 4.72 Å². The van der Waals surface area contributed by atoms with Gasteiger partial charge in [0.1, 0.15) is 5.75 Å². The van der Waals surface area contributed by atoms with Crippen molar-refractivity contribution in [2.24, 2.45) is 0 Å². The summed E-state index contributed by atoms with van der Waals surface area (Å²) in [5.74, 6) is 0.657. The molecule has 0 fully saturated rings. The summed E-state index contributed by atoms with van der Waals surface area (Å²) < 4.78 is 33.1. The van der Waals surface area contributed by atoms with Crippen molar-refractivity contribution in [2.75, 3.05) is 6.61 Å². The highest BCUT2D eigenvalue weighted by Gasteiger charge is 2.15. The molecule has 6 heteroatoms. The molecule has 25 heavy (non-hydrogen) atoms. The number of rotatable bonds is 7. The van der Waals surface area contributed by atoms with Crippen LogP contribution in [0.5, 0.6) is 5.75 Å². The van der Waals surface area contributed by atoms with Crippen LogP contribution in [0.4, 0.5) is 0 Å². The Labute approximate surface area is 152 Å². The molecule has 3 aromatic rings. The fourth-order valence-electron chi connectivity index (χ4n) is 2.51. The first-order chi connectivity index (χ1) is 12.1. The summed E-state index contributed by atoms with van der Waals surface area (Å²) in [5, 5.41) is 4.07. The SMILES string of the molecule is CCOc1ccc(S(=O)(=O)NCc2ccccc2-c2ccsc2)cc1. The molecule has 0 radical (unpaired) electrons. The molecule has 0 aliphatic rings. The van der Waals surface area contributed by atoms with E-state index in [4.69, 9.17) is 4.74 Å². The Kier molecular flexibility index (Phi) is 5.53. The molecule has 0 unspecified atom stereocenters. The highest BCUT2D eigenvalue weighted by molar-refractivity contribution is 7.89. The highest BCUT2D eigenvalue weighted by atomic mass is 32.2. The van der Waals surface area contributed by atoms with Crippen LogP contribution in [0.1, 0.15) is 12.5 Å². The molecule has 1 aromatic heterocycles. The summed E-state index contributed by atoms with van der Waals surface area (Å²) in [6.07, 6.45) is 0. The molecule has 4 nitrogen and oxygen atoms in total. The van der Waals surface area contributed by atoms with E-state index in [0.29, 0.717) is 12.4 Å². The van der Waals surface area contributed by atoms with E-state index in [1.807, 2.05) is 42.6 Å². The van der Waals surface area contributed by atoms with Gasteiger partial charge in [0.05, 0.1) is 11.5 Å². The van der Waals surface area contributed by atoms with E-state index in [1.165, 1.54) is 0 Å². The van der Waals surface area contributed by atoms with Gasteiger partial charge in [0.25, 0.3) is 0 Å². The largest absolute Gasteiger partial charge is 0.494 e. The topological polar surface area (TPSA) is 55.4 Å². The maximum atomic E-state index is 12.5. The van der Waals surface area contributed by atoms with Gasteiger partial charge in [0.15, 0.2) is 0 Å². The van der Waals surface area contributed by atoms with Gasteiger partial charge >= 0.3 is 0 Å². The number of hydrogen-bond acceptors (Lipinski definition) is 4. The van der Waals surface area contributed by atoms with Crippen LogP contribution in [-0.4, -0.2) is 15.0 Å². The number of sulfonamides is 1. The summed E-state index contributed by atoms with van der Waals surface area (Å²) in [5.41, 5.74) is 3.08. The Bertz CT molecular complexity index is 918. The zero-order valence-electron chi connectivity index (χ0n) is 13.8. The minimum Gasteiger partial charge on any atom is -0.494 e. The maximum absolute atomic E-state index is 12.5. The first-order valence-corrected chi connectivity index (χ1v) is 10.4. The van der Waals surface area contributed by atoms with Crippen molar-refractivity contribution in [2.45, 2.75) is 18.4 Å². The van der Waals surface area contributed by atoms with Crippen LogP contribution in [0.3, 0.4) is 0 Å². The summed E-state index contributed by atoms with van der Waals surface area (Å²) in [4.78, 5) is 0.226. The molecular weight excluding hydrogens is 354 g/mol. The predicted octanol–water partition coefficient (Wildman–Crippen LogP) is 4.29. The van der Waals surface area contributed by atoms with Gasteiger partial charge in [-0.1, -0.05) is 24.3 Å². The maximum Gasteiger partial charge on any atom is 0.240 e. The normalized spacial score (nSPS) is 11.4. The Balaban J connectivity index is 1.77. The lowest BCUT2D eigenvalue weighted by Gasteiger charge is -2.11. The van der Waals surface area contributed by atoms with E-state index >= 15 is 0 Å². The second kappa shape index (κ2) is 7.82. The van der Waals surface area contributed by atoms with Crippen LogP contribution < -0.4 is 9.46 Å². The summed E-state index contributed by atoms with van der Waals surface area (Å²) in [6, 6.07) is 16.3. The third-order valence-corrected chi connectivity index (χ3v) is 5.85. The van der Waals surface area contributed by atoms with Gasteiger partial charge in [-0.25, -0.2) is 13.1 Å². The second-order valence-corrected chi connectivity index (χ2v) is 7.95. The van der Waals surface area contributed by atoms with Crippen molar-refractivity contribution >= 4 is 21.4 Å². The van der Waals surface area contributed by atoms with Crippen molar-refractivity contribution in [3.8, 4) is 16.9 Å². The molecule has 2 aromatic carbocycles. The van der Waals surface area contributed by atoms with Crippen LogP contribution in [0.25, 0.3) is 11.1 Å². The zero-order valence-corrected chi connectivity index (χ0v) is 15.4. The summed E-state index contributed by atoms with van der Waals surface area (Å²) in [7, 11) is -3.58. The molecule has 0 atom stereocenters. The van der Waals surface area contributed by atoms with Crippen LogP contribution in [-0.2, 0) is 16.6 Å². The Morgan fingerprint density at radius 3 is 2.48 bits per heavy atom. The molecule has 0 saturated carbocycles. The van der Waals surface area contributed by atoms with Crippen LogP contribution in [0, 0.1) is 0 Å². The Hall–Kier alpha value is -2.15. The molecule has 0 amide bonds. The van der Waals surface area contributed by atoms with Crippen molar-refractivity contribution in [3.63, 3.8) is 0 Å². The Morgan fingerprint density at radius 1 is 1.04 bits per heavy atom. The molecule has 130 valence electrons. The smallest absolute Gasteiger partial charge is 0.240 e. The van der Waals surface area contributed by atoms with Gasteiger partial charge in [-0.2, -0.15) is 11.3 Å². The van der Waals surface area contributed by atoms with E-state index in [0.717, 1.165) is 16.7 Å². The molecule has 0 aliphatic carbocycles. The zero-order chi connectivity index (χ0) is 17.7. The van der Waals surface area contributed by atoms with E-state index in [1.54, 1.807) is 35.6 Å². The third-order valence-electron chi connectivity index (χ3n) is 3.75. The Morgan fingerprint density at radius 2 is 1.80 bits per heavy atom. The first-order valence-electron chi connectivity index (χ1n) is 7.93. The minimum absolute atomic E-state index is 0.226. The van der Waals surface area contributed by atoms with E-state index < -0.39 is 10.0 Å². The average molecular weight is 373 g/mol. The standard InChI is InChI=1S/C19H19NO3S2/c1-2-23-17-7-9-18(10-8-17)25(21,22)20-13-15-5-3-4-6-19(15)16-11-12-24-14-16/h3-12,14,20H,2,13H2,1H3. The van der Waals surface area contributed by atoms with E-state index in [9.17, 15) is 8.42 Å². The number of ether oxygens (including phenoxy) is 1. The van der Waals surface area contributed by atoms with E-state index in [-0.39, 0.29) is 11.4 Å². The van der Waals surface area contributed by atoms with Gasteiger partial charge in [0, 0.05) is 6.54 Å². The molecule has 0 spiro atoms. The fraction of sp³-hybridized carbons (Fsp3) is 0.158. The van der Waals surface area contributed by atoms with Crippen molar-refractivity contribution < 1.29 is 13.2 Å². The first kappa shape index (κ1) is 17.7. The number of nitrogens with one attached hydrogen (secondary N) is 1. The fourth-order valence-corrected chi connectivity index (χ4v) is 4.17. The third kappa shape index (κ3) is 4.28. The number of thiophene rings is 1. The predicted molar refractivity (Wildman–Crippen MR) is 101 cm³/mol. The number of hydrogen-bond donors (Lipinski definition) is 1. The second-order valence-electron chi connectivity index (χ2n) is 5.40. The quantitative estimate of drug-likeness (QED) is 0.672. The molecular formula is C19H19NO3S2. The number of benzene rings is 2. The van der Waals surface area contributed by atoms with Crippen LogP contribution in [0.15, 0.2) is 70.3 Å². The highest BCUT2D eigenvalue weighted by Crippen LogP contribution is 2.26. The summed E-state index contributed by atoms with van der Waals surface area (Å²) in [6.45, 7) is 2.67. The van der Waals surface area contributed by atoms with Crippen molar-refractivity contribution in [1.29, 1.82) is 0 Å². The van der Waals surface area contributed by atoms with Gasteiger partial charge in [-0.3, -0.25) is 0 Å².